The molecule has 0 bridgehead atoms. The van der Waals surface area contributed by atoms with Crippen LogP contribution in [0.1, 0.15) is 12.8 Å². The Hall–Kier alpha value is -1.50. The molecule has 1 amide bonds. The summed E-state index contributed by atoms with van der Waals surface area (Å²) in [6.45, 7) is 1.32. The van der Waals surface area contributed by atoms with Gasteiger partial charge >= 0.3 is 5.97 Å². The van der Waals surface area contributed by atoms with Gasteiger partial charge in [-0.2, -0.15) is 0 Å². The Morgan fingerprint density at radius 1 is 1.48 bits per heavy atom. The van der Waals surface area contributed by atoms with Crippen LogP contribution >= 0.6 is 24.0 Å². The van der Waals surface area contributed by atoms with E-state index in [0.717, 1.165) is 13.0 Å². The lowest BCUT2D eigenvalue weighted by atomic mass is 9.98. The molecule has 0 spiro atoms. The van der Waals surface area contributed by atoms with Gasteiger partial charge in [-0.1, -0.05) is 11.6 Å². The lowest BCUT2D eigenvalue weighted by Gasteiger charge is -2.29. The molecule has 1 saturated heterocycles. The first-order valence-corrected chi connectivity index (χ1v) is 7.46. The van der Waals surface area contributed by atoms with Crippen LogP contribution < -0.4 is 10.1 Å². The molecule has 1 atom stereocenters. The lowest BCUT2D eigenvalue weighted by Crippen LogP contribution is -2.42. The smallest absolute Gasteiger partial charge is 0.307 e. The van der Waals surface area contributed by atoms with Crippen LogP contribution in [0, 0.1) is 5.92 Å². The number of nitrogens with one attached hydrogen (secondary N) is 1. The molecule has 128 valence electrons. The predicted molar refractivity (Wildman–Crippen MR) is 90.7 cm³/mol. The maximum atomic E-state index is 12.0. The van der Waals surface area contributed by atoms with E-state index in [1.807, 2.05) is 4.90 Å². The number of carbonyl (C=O) groups is 2. The largest absolute Gasteiger partial charge is 0.495 e. The minimum atomic E-state index is -0.799. The normalized spacial score (nSPS) is 17.9. The van der Waals surface area contributed by atoms with Crippen LogP contribution in [-0.4, -0.2) is 48.6 Å². The molecule has 8 heteroatoms. The maximum Gasteiger partial charge on any atom is 0.307 e. The van der Waals surface area contributed by atoms with Crippen molar-refractivity contribution in [1.29, 1.82) is 0 Å². The summed E-state index contributed by atoms with van der Waals surface area (Å²) in [5.74, 6) is -0.837. The molecule has 6 nitrogen and oxygen atoms in total. The molecule has 1 aliphatic heterocycles. The van der Waals surface area contributed by atoms with E-state index in [1.54, 1.807) is 18.2 Å². The van der Waals surface area contributed by atoms with Gasteiger partial charge in [-0.15, -0.1) is 12.4 Å². The van der Waals surface area contributed by atoms with Gasteiger partial charge in [-0.25, -0.2) is 0 Å². The zero-order valence-corrected chi connectivity index (χ0v) is 14.3. The topological polar surface area (TPSA) is 78.9 Å². The summed E-state index contributed by atoms with van der Waals surface area (Å²) < 4.78 is 5.05. The van der Waals surface area contributed by atoms with E-state index in [2.05, 4.69) is 5.32 Å². The molecule has 0 aromatic heterocycles. The fourth-order valence-corrected chi connectivity index (χ4v) is 2.81. The third kappa shape index (κ3) is 5.57. The van der Waals surface area contributed by atoms with Crippen molar-refractivity contribution in [2.45, 2.75) is 12.8 Å². The molecular formula is C15H20Cl2N2O4. The van der Waals surface area contributed by atoms with Gasteiger partial charge in [0.15, 0.2) is 0 Å². The molecule has 0 aliphatic carbocycles. The number of rotatable bonds is 5. The first-order valence-electron chi connectivity index (χ1n) is 7.08. The van der Waals surface area contributed by atoms with Gasteiger partial charge in [0.05, 0.1) is 24.6 Å². The number of carboxylic acid groups (broad SMARTS) is 1. The van der Waals surface area contributed by atoms with E-state index < -0.39 is 11.9 Å². The second-order valence-electron chi connectivity index (χ2n) is 5.31. The number of nitrogens with zero attached hydrogens (tertiary/aromatic N) is 1. The van der Waals surface area contributed by atoms with Crippen molar-refractivity contribution in [3.8, 4) is 5.75 Å². The van der Waals surface area contributed by atoms with Gasteiger partial charge < -0.3 is 15.2 Å². The molecule has 1 aliphatic rings. The Labute approximate surface area is 146 Å². The van der Waals surface area contributed by atoms with E-state index in [4.69, 9.17) is 21.4 Å². The number of carboxylic acids is 1. The summed E-state index contributed by atoms with van der Waals surface area (Å²) in [7, 11) is 1.52. The summed E-state index contributed by atoms with van der Waals surface area (Å²) in [4.78, 5) is 24.9. The van der Waals surface area contributed by atoms with Crippen molar-refractivity contribution in [3.05, 3.63) is 23.2 Å². The highest BCUT2D eigenvalue weighted by atomic mass is 35.5. The number of piperidine rings is 1. The van der Waals surface area contributed by atoms with Crippen molar-refractivity contribution in [1.82, 2.24) is 4.90 Å². The number of hydrogen-bond donors (Lipinski definition) is 2. The highest BCUT2D eigenvalue weighted by Crippen LogP contribution is 2.27. The van der Waals surface area contributed by atoms with Crippen molar-refractivity contribution >= 4 is 41.6 Å². The van der Waals surface area contributed by atoms with Crippen LogP contribution in [0.5, 0.6) is 5.75 Å². The molecule has 1 heterocycles. The molecule has 23 heavy (non-hydrogen) atoms. The minimum absolute atomic E-state index is 0. The standard InChI is InChI=1S/C15H19ClN2O4.ClH/c1-22-13-5-4-11(7-12(13)16)17-14(19)9-18-6-2-3-10(8-18)15(20)21;/h4-5,7,10H,2-3,6,8-9H2,1H3,(H,17,19)(H,20,21);1H. The number of benzene rings is 1. The number of likely N-dealkylation sites (tertiary alicyclic amines) is 1. The quantitative estimate of drug-likeness (QED) is 0.841. The van der Waals surface area contributed by atoms with Gasteiger partial charge in [0.2, 0.25) is 5.91 Å². The SMILES string of the molecule is COc1ccc(NC(=O)CN2CCCC(C(=O)O)C2)cc1Cl.Cl. The Morgan fingerprint density at radius 2 is 2.22 bits per heavy atom. The number of halogens is 2. The molecule has 2 rings (SSSR count). The second-order valence-corrected chi connectivity index (χ2v) is 5.72. The highest BCUT2D eigenvalue weighted by Gasteiger charge is 2.26. The fraction of sp³-hybridized carbons (Fsp3) is 0.467. The number of methoxy groups -OCH3 is 1. The monoisotopic (exact) mass is 362 g/mol. The van der Waals surface area contributed by atoms with Crippen LogP contribution in [0.3, 0.4) is 0 Å². The Balaban J connectivity index is 0.00000264. The second kappa shape index (κ2) is 8.96. The van der Waals surface area contributed by atoms with Gasteiger partial charge in [-0.3, -0.25) is 14.5 Å². The number of carbonyl (C=O) groups excluding carboxylic acids is 1. The van der Waals surface area contributed by atoms with E-state index in [0.29, 0.717) is 29.4 Å². The van der Waals surface area contributed by atoms with Crippen molar-refractivity contribution in [3.63, 3.8) is 0 Å². The van der Waals surface area contributed by atoms with Crippen molar-refractivity contribution in [2.24, 2.45) is 5.92 Å². The lowest BCUT2D eigenvalue weighted by molar-refractivity contribution is -0.144. The van der Waals surface area contributed by atoms with Gasteiger partial charge in [0.1, 0.15) is 5.75 Å². The van der Waals surface area contributed by atoms with Gasteiger partial charge in [0.25, 0.3) is 0 Å². The summed E-state index contributed by atoms with van der Waals surface area (Å²) >= 11 is 6.01. The molecule has 1 unspecified atom stereocenters. The Kier molecular flexibility index (Phi) is 7.61. The Bertz CT molecular complexity index is 568. The van der Waals surface area contributed by atoms with E-state index in [1.165, 1.54) is 7.11 Å². The first-order chi connectivity index (χ1) is 10.5. The van der Waals surface area contributed by atoms with Crippen LogP contribution in [-0.2, 0) is 9.59 Å². The minimum Gasteiger partial charge on any atom is -0.495 e. The zero-order chi connectivity index (χ0) is 16.1. The number of anilines is 1. The summed E-state index contributed by atoms with van der Waals surface area (Å²) in [6.07, 6.45) is 1.46. The molecule has 1 fully saturated rings. The molecule has 0 radical (unpaired) electrons. The maximum absolute atomic E-state index is 12.0. The van der Waals surface area contributed by atoms with E-state index in [-0.39, 0.29) is 24.9 Å². The van der Waals surface area contributed by atoms with E-state index in [9.17, 15) is 9.59 Å². The van der Waals surface area contributed by atoms with Crippen LogP contribution in [0.25, 0.3) is 0 Å². The third-order valence-electron chi connectivity index (χ3n) is 3.66. The molecule has 2 N–H and O–H groups in total. The number of aliphatic carboxylic acids is 1. The van der Waals surface area contributed by atoms with E-state index >= 15 is 0 Å². The molecule has 0 saturated carbocycles. The number of amides is 1. The summed E-state index contributed by atoms with van der Waals surface area (Å²) in [5, 5.41) is 12.2. The first kappa shape index (κ1) is 19.5. The average Bonchev–Trinajstić information content (AvgIpc) is 2.47. The average molecular weight is 363 g/mol. The summed E-state index contributed by atoms with van der Waals surface area (Å²) in [5.41, 5.74) is 0.586. The molecule has 1 aromatic rings. The van der Waals surface area contributed by atoms with Gasteiger partial charge in [0, 0.05) is 12.2 Å². The fourth-order valence-electron chi connectivity index (χ4n) is 2.55. The third-order valence-corrected chi connectivity index (χ3v) is 3.95. The van der Waals surface area contributed by atoms with Crippen LogP contribution in [0.15, 0.2) is 18.2 Å². The summed E-state index contributed by atoms with van der Waals surface area (Å²) in [6, 6.07) is 5.01. The molecule has 1 aromatic carbocycles. The zero-order valence-electron chi connectivity index (χ0n) is 12.8. The molecular weight excluding hydrogens is 343 g/mol. The van der Waals surface area contributed by atoms with Crippen molar-refractivity contribution < 1.29 is 19.4 Å². The van der Waals surface area contributed by atoms with Crippen LogP contribution in [0.4, 0.5) is 5.69 Å². The number of hydrogen-bond acceptors (Lipinski definition) is 4. The van der Waals surface area contributed by atoms with Crippen LogP contribution in [0.2, 0.25) is 5.02 Å². The predicted octanol–water partition coefficient (Wildman–Crippen LogP) is 2.51. The Morgan fingerprint density at radius 3 is 2.83 bits per heavy atom. The number of ether oxygens (including phenoxy) is 1. The van der Waals surface area contributed by atoms with Gasteiger partial charge in [-0.05, 0) is 37.6 Å². The highest BCUT2D eigenvalue weighted by molar-refractivity contribution is 6.32. The van der Waals surface area contributed by atoms with Crippen molar-refractivity contribution in [2.75, 3.05) is 32.1 Å².